The average molecular weight is 580 g/mol. The molecule has 0 bridgehead atoms. The second-order valence-corrected chi connectivity index (χ2v) is 11.7. The summed E-state index contributed by atoms with van der Waals surface area (Å²) in [6.45, 7) is 5.42. The van der Waals surface area contributed by atoms with Crippen LogP contribution in [0.1, 0.15) is 82.9 Å². The van der Waals surface area contributed by atoms with E-state index in [4.69, 9.17) is 14.2 Å². The van der Waals surface area contributed by atoms with Crippen LogP contribution >= 0.6 is 0 Å². The number of carbonyl (C=O) groups excluding carboxylic acids is 2. The lowest BCUT2D eigenvalue weighted by Crippen LogP contribution is -2.47. The molecule has 0 radical (unpaired) electrons. The normalized spacial score (nSPS) is 17.5. The van der Waals surface area contributed by atoms with E-state index in [0.717, 1.165) is 42.4 Å². The monoisotopic (exact) mass is 579 g/mol. The van der Waals surface area contributed by atoms with Gasteiger partial charge in [0, 0.05) is 18.5 Å². The van der Waals surface area contributed by atoms with Crippen molar-refractivity contribution in [2.24, 2.45) is 5.92 Å². The van der Waals surface area contributed by atoms with Crippen molar-refractivity contribution < 1.29 is 23.8 Å². The molecular formula is C33H45N3O6. The van der Waals surface area contributed by atoms with Gasteiger partial charge in [0.2, 0.25) is 23.0 Å². The Bertz CT molecular complexity index is 1350. The molecule has 9 heteroatoms. The molecule has 4 rings (SSSR count). The van der Waals surface area contributed by atoms with Gasteiger partial charge in [-0.25, -0.2) is 0 Å². The molecule has 2 amide bonds. The fourth-order valence-electron chi connectivity index (χ4n) is 6.24. The molecule has 228 valence electrons. The Labute approximate surface area is 248 Å². The van der Waals surface area contributed by atoms with E-state index in [2.05, 4.69) is 16.0 Å². The molecule has 1 saturated carbocycles. The second-order valence-electron chi connectivity index (χ2n) is 11.7. The summed E-state index contributed by atoms with van der Waals surface area (Å²) in [6, 6.07) is 6.27. The van der Waals surface area contributed by atoms with Gasteiger partial charge in [-0.3, -0.25) is 14.4 Å². The molecule has 9 nitrogen and oxygen atoms in total. The number of rotatable bonds is 9. The minimum absolute atomic E-state index is 0.0526. The number of hydrogen-bond acceptors (Lipinski definition) is 7. The fourth-order valence-corrected chi connectivity index (χ4v) is 6.24. The van der Waals surface area contributed by atoms with Crippen molar-refractivity contribution in [1.29, 1.82) is 0 Å². The van der Waals surface area contributed by atoms with E-state index in [1.807, 2.05) is 26.0 Å². The first-order valence-electron chi connectivity index (χ1n) is 15.0. The number of fused-ring (bicyclic) bond motifs is 3. The van der Waals surface area contributed by atoms with Gasteiger partial charge < -0.3 is 30.2 Å². The fraction of sp³-hybridized carbons (Fsp3) is 0.545. The second kappa shape index (κ2) is 13.9. The number of amides is 2. The van der Waals surface area contributed by atoms with Crippen molar-refractivity contribution in [3.05, 3.63) is 45.6 Å². The first-order valence-corrected chi connectivity index (χ1v) is 15.0. The van der Waals surface area contributed by atoms with E-state index in [0.29, 0.717) is 41.3 Å². The van der Waals surface area contributed by atoms with Crippen LogP contribution in [-0.2, 0) is 16.0 Å². The Morgan fingerprint density at radius 2 is 1.57 bits per heavy atom. The van der Waals surface area contributed by atoms with Crippen LogP contribution in [0.2, 0.25) is 0 Å². The largest absolute Gasteiger partial charge is 0.493 e. The molecular weight excluding hydrogens is 534 g/mol. The van der Waals surface area contributed by atoms with Gasteiger partial charge in [0.1, 0.15) is 6.04 Å². The summed E-state index contributed by atoms with van der Waals surface area (Å²) in [5.74, 6) is 1.15. The Morgan fingerprint density at radius 3 is 2.17 bits per heavy atom. The van der Waals surface area contributed by atoms with Crippen LogP contribution < -0.4 is 35.6 Å². The van der Waals surface area contributed by atoms with Gasteiger partial charge in [-0.15, -0.1) is 0 Å². The Kier molecular flexibility index (Phi) is 10.4. The lowest BCUT2D eigenvalue weighted by atomic mass is 9.95. The number of methoxy groups -OCH3 is 3. The summed E-state index contributed by atoms with van der Waals surface area (Å²) in [5, 5.41) is 9.54. The average Bonchev–Trinajstić information content (AvgIpc) is 3.36. The van der Waals surface area contributed by atoms with Crippen molar-refractivity contribution in [3.8, 4) is 28.4 Å². The van der Waals surface area contributed by atoms with Crippen LogP contribution in [0.3, 0.4) is 0 Å². The number of carbonyl (C=O) groups is 2. The standard InChI is InChI=1S/C33H45N3O6/c1-19(2)30(33(39)35-22-11-9-7-8-10-12-22)36-26-16-14-23-24(18-27(26)38)25(34-20(3)37)15-13-21-17-28(40-4)31(41-5)32(42-6)29(21)23/h14,16-19,22,25,30H,7-13,15H2,1-6H3,(H,34,37)(H,35,39)(H,36,38)/t25-,30-/m0/s1. The topological polar surface area (TPSA) is 115 Å². The quantitative estimate of drug-likeness (QED) is 0.353. The highest BCUT2D eigenvalue weighted by atomic mass is 16.5. The molecule has 2 aromatic carbocycles. The van der Waals surface area contributed by atoms with Gasteiger partial charge in [0.15, 0.2) is 11.5 Å². The molecule has 0 aromatic heterocycles. The summed E-state index contributed by atoms with van der Waals surface area (Å²) < 4.78 is 17.1. The van der Waals surface area contributed by atoms with Gasteiger partial charge in [-0.05, 0) is 66.5 Å². The van der Waals surface area contributed by atoms with E-state index in [9.17, 15) is 14.4 Å². The van der Waals surface area contributed by atoms with Gasteiger partial charge >= 0.3 is 0 Å². The maximum absolute atomic E-state index is 13.8. The van der Waals surface area contributed by atoms with Gasteiger partial charge in [0.25, 0.3) is 0 Å². The molecule has 2 aliphatic rings. The summed E-state index contributed by atoms with van der Waals surface area (Å²) in [4.78, 5) is 39.4. The number of benzene rings is 1. The van der Waals surface area contributed by atoms with Gasteiger partial charge in [-0.1, -0.05) is 45.6 Å². The zero-order chi connectivity index (χ0) is 30.4. The third kappa shape index (κ3) is 6.82. The minimum Gasteiger partial charge on any atom is -0.493 e. The predicted molar refractivity (Wildman–Crippen MR) is 165 cm³/mol. The molecule has 1 fully saturated rings. The molecule has 0 heterocycles. The maximum atomic E-state index is 13.8. The number of ether oxygens (including phenoxy) is 3. The first-order chi connectivity index (χ1) is 20.2. The molecule has 0 aliphatic heterocycles. The number of hydrogen-bond donors (Lipinski definition) is 3. The minimum atomic E-state index is -0.583. The Balaban J connectivity index is 1.81. The SMILES string of the molecule is COc1cc2c(c(OC)c1OC)-c1ccc(N[C@H](C(=O)NC3CCCCCC3)C(C)C)c(=O)cc1[C@@H](NC(C)=O)CC2. The predicted octanol–water partition coefficient (Wildman–Crippen LogP) is 5.14. The number of nitrogens with one attached hydrogen (secondary N) is 3. The van der Waals surface area contributed by atoms with Crippen molar-refractivity contribution in [2.75, 3.05) is 26.6 Å². The lowest BCUT2D eigenvalue weighted by molar-refractivity contribution is -0.123. The number of anilines is 1. The summed E-state index contributed by atoms with van der Waals surface area (Å²) >= 11 is 0. The van der Waals surface area contributed by atoms with Crippen molar-refractivity contribution in [2.45, 2.75) is 90.3 Å². The molecule has 3 N–H and O–H groups in total. The Hall–Kier alpha value is -3.75. The third-order valence-electron chi connectivity index (χ3n) is 8.38. The highest BCUT2D eigenvalue weighted by molar-refractivity contribution is 5.86. The van der Waals surface area contributed by atoms with Crippen LogP contribution in [0.4, 0.5) is 5.69 Å². The molecule has 0 spiro atoms. The highest BCUT2D eigenvalue weighted by Crippen LogP contribution is 2.50. The van der Waals surface area contributed by atoms with E-state index in [1.54, 1.807) is 33.5 Å². The summed E-state index contributed by atoms with van der Waals surface area (Å²) in [6.07, 6.45) is 7.80. The zero-order valence-corrected chi connectivity index (χ0v) is 25.7. The van der Waals surface area contributed by atoms with E-state index >= 15 is 0 Å². The lowest BCUT2D eigenvalue weighted by Gasteiger charge is -2.25. The van der Waals surface area contributed by atoms with Crippen LogP contribution in [0.5, 0.6) is 17.2 Å². The summed E-state index contributed by atoms with van der Waals surface area (Å²) in [5.41, 5.74) is 3.22. The van der Waals surface area contributed by atoms with Gasteiger partial charge in [-0.2, -0.15) is 0 Å². The highest BCUT2D eigenvalue weighted by Gasteiger charge is 2.30. The van der Waals surface area contributed by atoms with Crippen LogP contribution in [0, 0.1) is 5.92 Å². The van der Waals surface area contributed by atoms with Crippen LogP contribution in [0.15, 0.2) is 29.1 Å². The maximum Gasteiger partial charge on any atom is 0.242 e. The summed E-state index contributed by atoms with van der Waals surface area (Å²) in [7, 11) is 4.70. The van der Waals surface area contributed by atoms with Crippen LogP contribution in [0.25, 0.3) is 11.1 Å². The molecule has 0 unspecified atom stereocenters. The Morgan fingerprint density at radius 1 is 0.881 bits per heavy atom. The molecule has 2 atom stereocenters. The van der Waals surface area contributed by atoms with Crippen LogP contribution in [-0.4, -0.2) is 45.2 Å². The zero-order valence-electron chi connectivity index (χ0n) is 25.7. The van der Waals surface area contributed by atoms with Crippen molar-refractivity contribution in [1.82, 2.24) is 10.6 Å². The third-order valence-corrected chi connectivity index (χ3v) is 8.38. The van der Waals surface area contributed by atoms with Crippen molar-refractivity contribution in [3.63, 3.8) is 0 Å². The molecule has 0 saturated heterocycles. The number of aryl methyl sites for hydroxylation is 1. The van der Waals surface area contributed by atoms with Gasteiger partial charge in [0.05, 0.1) is 33.1 Å². The molecule has 42 heavy (non-hydrogen) atoms. The first kappa shape index (κ1) is 31.2. The van der Waals surface area contributed by atoms with E-state index < -0.39 is 12.1 Å². The van der Waals surface area contributed by atoms with Crippen molar-refractivity contribution >= 4 is 17.5 Å². The van der Waals surface area contributed by atoms with E-state index in [-0.39, 0.29) is 29.2 Å². The molecule has 2 aliphatic carbocycles. The smallest absolute Gasteiger partial charge is 0.242 e. The molecule has 2 aromatic rings. The van der Waals surface area contributed by atoms with E-state index in [1.165, 1.54) is 19.8 Å².